The van der Waals surface area contributed by atoms with E-state index in [2.05, 4.69) is 37.5 Å². The van der Waals surface area contributed by atoms with E-state index in [1.807, 2.05) is 12.2 Å². The molecule has 0 aliphatic carbocycles. The average molecular weight is 148 g/mol. The van der Waals surface area contributed by atoms with Crippen molar-refractivity contribution in [3.63, 3.8) is 0 Å². The summed E-state index contributed by atoms with van der Waals surface area (Å²) < 4.78 is 0. The summed E-state index contributed by atoms with van der Waals surface area (Å²) in [6.07, 6.45) is 15.2. The number of allylic oxidation sites excluding steroid dienone is 6. The first-order chi connectivity index (χ1) is 5.41. The molecule has 0 aromatic carbocycles. The van der Waals surface area contributed by atoms with Crippen LogP contribution >= 0.6 is 0 Å². The van der Waals surface area contributed by atoms with Crippen molar-refractivity contribution in [2.75, 3.05) is 0 Å². The molecule has 60 valence electrons. The average Bonchev–Trinajstić information content (AvgIpc) is 2.03. The summed E-state index contributed by atoms with van der Waals surface area (Å²) in [4.78, 5) is 0. The van der Waals surface area contributed by atoms with Crippen LogP contribution in [0.15, 0.2) is 49.6 Å². The quantitative estimate of drug-likeness (QED) is 0.504. The maximum Gasteiger partial charge on any atom is -0.0169 e. The summed E-state index contributed by atoms with van der Waals surface area (Å²) in [6, 6.07) is 0. The van der Waals surface area contributed by atoms with Gasteiger partial charge in [0.15, 0.2) is 0 Å². The van der Waals surface area contributed by atoms with Gasteiger partial charge in [0.2, 0.25) is 0 Å². The number of rotatable bonds is 6. The highest BCUT2D eigenvalue weighted by molar-refractivity contribution is 4.96. The van der Waals surface area contributed by atoms with Crippen LogP contribution in [0, 0.1) is 0 Å². The zero-order valence-electron chi connectivity index (χ0n) is 7.00. The standard InChI is InChI=1S/C11H16/c1-3-5-7-9-11-10-8-6-4-2/h3-4,7-10H,1-2,5-6,11H2/b9-7+,10-8+. The molecule has 0 bridgehead atoms. The fourth-order valence-electron chi connectivity index (χ4n) is 0.656. The molecule has 0 heterocycles. The van der Waals surface area contributed by atoms with Gasteiger partial charge in [0, 0.05) is 0 Å². The normalized spacial score (nSPS) is 10.9. The molecule has 0 aromatic rings. The Hall–Kier alpha value is -1.04. The predicted molar refractivity (Wildman–Crippen MR) is 52.5 cm³/mol. The van der Waals surface area contributed by atoms with Crippen molar-refractivity contribution in [1.29, 1.82) is 0 Å². The van der Waals surface area contributed by atoms with Crippen LogP contribution in [0.4, 0.5) is 0 Å². The molecule has 0 aromatic heterocycles. The zero-order valence-corrected chi connectivity index (χ0v) is 7.00. The molecule has 0 saturated heterocycles. The van der Waals surface area contributed by atoms with Gasteiger partial charge in [0.05, 0.1) is 0 Å². The van der Waals surface area contributed by atoms with Gasteiger partial charge in [0.1, 0.15) is 0 Å². The first kappa shape index (κ1) is 9.96. The van der Waals surface area contributed by atoms with Crippen molar-refractivity contribution >= 4 is 0 Å². The fraction of sp³-hybridized carbons (Fsp3) is 0.273. The summed E-state index contributed by atoms with van der Waals surface area (Å²) in [5.41, 5.74) is 0. The van der Waals surface area contributed by atoms with Crippen molar-refractivity contribution in [2.45, 2.75) is 19.3 Å². The lowest BCUT2D eigenvalue weighted by Gasteiger charge is -1.81. The molecule has 0 amide bonds. The Bertz CT molecular complexity index is 131. The zero-order chi connectivity index (χ0) is 8.36. The van der Waals surface area contributed by atoms with E-state index in [0.29, 0.717) is 0 Å². The van der Waals surface area contributed by atoms with E-state index in [-0.39, 0.29) is 0 Å². The topological polar surface area (TPSA) is 0 Å². The van der Waals surface area contributed by atoms with E-state index < -0.39 is 0 Å². The molecule has 0 radical (unpaired) electrons. The summed E-state index contributed by atoms with van der Waals surface area (Å²) in [5.74, 6) is 0. The van der Waals surface area contributed by atoms with Gasteiger partial charge in [-0.3, -0.25) is 0 Å². The Balaban J connectivity index is 3.24. The maximum atomic E-state index is 3.63. The summed E-state index contributed by atoms with van der Waals surface area (Å²) in [6.45, 7) is 7.25. The second-order valence-corrected chi connectivity index (χ2v) is 2.23. The van der Waals surface area contributed by atoms with E-state index in [9.17, 15) is 0 Å². The first-order valence-electron chi connectivity index (χ1n) is 3.93. The fourth-order valence-corrected chi connectivity index (χ4v) is 0.656. The lowest BCUT2D eigenvalue weighted by Crippen LogP contribution is -1.60. The van der Waals surface area contributed by atoms with E-state index in [1.54, 1.807) is 0 Å². The lowest BCUT2D eigenvalue weighted by atomic mass is 10.3. The van der Waals surface area contributed by atoms with Crippen molar-refractivity contribution in [3.8, 4) is 0 Å². The molecule has 0 unspecified atom stereocenters. The van der Waals surface area contributed by atoms with Crippen LogP contribution in [0.1, 0.15) is 19.3 Å². The molecule has 0 aliphatic rings. The molecule has 0 fully saturated rings. The van der Waals surface area contributed by atoms with Crippen LogP contribution in [-0.2, 0) is 0 Å². The molecule has 0 nitrogen and oxygen atoms in total. The van der Waals surface area contributed by atoms with Crippen LogP contribution in [0.5, 0.6) is 0 Å². The molecule has 0 spiro atoms. The van der Waals surface area contributed by atoms with Gasteiger partial charge in [-0.25, -0.2) is 0 Å². The van der Waals surface area contributed by atoms with Gasteiger partial charge in [-0.2, -0.15) is 0 Å². The van der Waals surface area contributed by atoms with Crippen molar-refractivity contribution in [1.82, 2.24) is 0 Å². The SMILES string of the molecule is C=CC/C=C/C/C=C/CC=C. The molecule has 0 heteroatoms. The third kappa shape index (κ3) is 8.96. The summed E-state index contributed by atoms with van der Waals surface area (Å²) in [7, 11) is 0. The minimum Gasteiger partial charge on any atom is -0.103 e. The third-order valence-electron chi connectivity index (χ3n) is 1.21. The highest BCUT2D eigenvalue weighted by atomic mass is 13.8. The van der Waals surface area contributed by atoms with Crippen LogP contribution < -0.4 is 0 Å². The lowest BCUT2D eigenvalue weighted by molar-refractivity contribution is 1.28. The van der Waals surface area contributed by atoms with Crippen molar-refractivity contribution < 1.29 is 0 Å². The Morgan fingerprint density at radius 2 is 1.00 bits per heavy atom. The molecule has 11 heavy (non-hydrogen) atoms. The van der Waals surface area contributed by atoms with E-state index in [1.165, 1.54) is 0 Å². The van der Waals surface area contributed by atoms with E-state index in [4.69, 9.17) is 0 Å². The molecular formula is C11H16. The van der Waals surface area contributed by atoms with Crippen LogP contribution in [0.3, 0.4) is 0 Å². The van der Waals surface area contributed by atoms with Gasteiger partial charge in [-0.1, -0.05) is 36.5 Å². The molecule has 0 N–H and O–H groups in total. The van der Waals surface area contributed by atoms with Gasteiger partial charge < -0.3 is 0 Å². The minimum absolute atomic E-state index is 0.968. The molecular weight excluding hydrogens is 132 g/mol. The molecule has 0 rings (SSSR count). The number of hydrogen-bond donors (Lipinski definition) is 0. The maximum absolute atomic E-state index is 3.63. The van der Waals surface area contributed by atoms with Gasteiger partial charge in [-0.15, -0.1) is 13.2 Å². The molecule has 0 saturated carbocycles. The van der Waals surface area contributed by atoms with Gasteiger partial charge >= 0.3 is 0 Å². The predicted octanol–water partition coefficient (Wildman–Crippen LogP) is 3.64. The smallest absolute Gasteiger partial charge is 0.0169 e. The Morgan fingerprint density at radius 1 is 0.636 bits per heavy atom. The highest BCUT2D eigenvalue weighted by Crippen LogP contribution is 1.91. The third-order valence-corrected chi connectivity index (χ3v) is 1.21. The Morgan fingerprint density at radius 3 is 1.36 bits per heavy atom. The van der Waals surface area contributed by atoms with Crippen molar-refractivity contribution in [2.24, 2.45) is 0 Å². The van der Waals surface area contributed by atoms with Crippen LogP contribution in [0.25, 0.3) is 0 Å². The second-order valence-electron chi connectivity index (χ2n) is 2.23. The molecule has 0 atom stereocenters. The molecule has 0 aliphatic heterocycles. The van der Waals surface area contributed by atoms with Gasteiger partial charge in [-0.05, 0) is 19.3 Å². The summed E-state index contributed by atoms with van der Waals surface area (Å²) >= 11 is 0. The first-order valence-corrected chi connectivity index (χ1v) is 3.93. The monoisotopic (exact) mass is 148 g/mol. The Kier molecular flexibility index (Phi) is 8.11. The summed E-state index contributed by atoms with van der Waals surface area (Å²) in [5, 5.41) is 0. The number of hydrogen-bond acceptors (Lipinski definition) is 0. The van der Waals surface area contributed by atoms with Crippen LogP contribution in [0.2, 0.25) is 0 Å². The van der Waals surface area contributed by atoms with E-state index in [0.717, 1.165) is 19.3 Å². The highest BCUT2D eigenvalue weighted by Gasteiger charge is 1.70. The van der Waals surface area contributed by atoms with Gasteiger partial charge in [0.25, 0.3) is 0 Å². The second kappa shape index (κ2) is 8.96. The van der Waals surface area contributed by atoms with Crippen molar-refractivity contribution in [3.05, 3.63) is 49.6 Å². The largest absolute Gasteiger partial charge is 0.103 e. The Labute approximate surface area is 69.6 Å². The van der Waals surface area contributed by atoms with Crippen LogP contribution in [-0.4, -0.2) is 0 Å². The minimum atomic E-state index is 0.968. The van der Waals surface area contributed by atoms with E-state index >= 15 is 0 Å².